The number of benzene rings is 1. The Morgan fingerprint density at radius 1 is 1.30 bits per heavy atom. The molecule has 0 atom stereocenters. The summed E-state index contributed by atoms with van der Waals surface area (Å²) in [7, 11) is 0. The zero-order valence-electron chi connectivity index (χ0n) is 11.7. The number of hydrogen-bond acceptors (Lipinski definition) is 3. The molecule has 103 valence electrons. The summed E-state index contributed by atoms with van der Waals surface area (Å²) in [5, 5.41) is 0. The van der Waals surface area contributed by atoms with Gasteiger partial charge in [0.15, 0.2) is 11.6 Å². The van der Waals surface area contributed by atoms with Gasteiger partial charge >= 0.3 is 0 Å². The molecule has 0 fully saturated rings. The monoisotopic (exact) mass is 514 g/mol. The van der Waals surface area contributed by atoms with Crippen molar-refractivity contribution >= 4 is 17.6 Å². The van der Waals surface area contributed by atoms with E-state index in [-0.39, 0.29) is 71.0 Å². The Morgan fingerprint density at radius 2 is 1.90 bits per heavy atom. The van der Waals surface area contributed by atoms with Crippen LogP contribution in [0.4, 0.5) is 0 Å². The fourth-order valence-corrected chi connectivity index (χ4v) is 1.27. The SMILES string of the molecule is CC(=O)/C(N)=C/C(=O)/C=C/c1[c-]c(C)[c-]cc1C.[W].[Y]. The summed E-state index contributed by atoms with van der Waals surface area (Å²) in [5.41, 5.74) is 8.03. The van der Waals surface area contributed by atoms with Crippen LogP contribution in [-0.4, -0.2) is 11.6 Å². The first-order valence-electron chi connectivity index (χ1n) is 5.51. The maximum Gasteiger partial charge on any atom is 0.175 e. The van der Waals surface area contributed by atoms with Gasteiger partial charge in [0.25, 0.3) is 0 Å². The molecule has 0 heterocycles. The van der Waals surface area contributed by atoms with Crippen LogP contribution in [0.5, 0.6) is 0 Å². The Kier molecular flexibility index (Phi) is 11.4. The smallest absolute Gasteiger partial charge is 0.175 e. The minimum absolute atomic E-state index is 0. The number of ketones is 2. The molecule has 0 saturated heterocycles. The van der Waals surface area contributed by atoms with Gasteiger partial charge in [-0.2, -0.15) is 0 Å². The number of hydrogen-bond donors (Lipinski definition) is 1. The van der Waals surface area contributed by atoms with Crippen LogP contribution in [0.3, 0.4) is 0 Å². The van der Waals surface area contributed by atoms with E-state index in [2.05, 4.69) is 12.1 Å². The van der Waals surface area contributed by atoms with Gasteiger partial charge in [0.1, 0.15) is 0 Å². The van der Waals surface area contributed by atoms with Crippen LogP contribution in [0.2, 0.25) is 0 Å². The zero-order chi connectivity index (χ0) is 13.7. The fraction of sp³-hybridized carbons (Fsp3) is 0.200. The van der Waals surface area contributed by atoms with Gasteiger partial charge in [0.05, 0.1) is 5.70 Å². The predicted molar refractivity (Wildman–Crippen MR) is 70.6 cm³/mol. The van der Waals surface area contributed by atoms with Gasteiger partial charge in [-0.05, 0) is 0 Å². The van der Waals surface area contributed by atoms with E-state index in [1.807, 2.05) is 19.9 Å². The quantitative estimate of drug-likeness (QED) is 0.494. The number of nitrogens with two attached hydrogens (primary N) is 1. The van der Waals surface area contributed by atoms with E-state index in [0.29, 0.717) is 0 Å². The van der Waals surface area contributed by atoms with Gasteiger partial charge < -0.3 is 5.73 Å². The van der Waals surface area contributed by atoms with Crippen molar-refractivity contribution in [3.05, 3.63) is 52.7 Å². The van der Waals surface area contributed by atoms with E-state index in [1.54, 1.807) is 6.08 Å². The van der Waals surface area contributed by atoms with E-state index < -0.39 is 0 Å². The second kappa shape index (κ2) is 10.4. The van der Waals surface area contributed by atoms with Crippen molar-refractivity contribution in [3.8, 4) is 0 Å². The molecular weight excluding hydrogens is 499 g/mol. The fourth-order valence-electron chi connectivity index (χ4n) is 1.27. The van der Waals surface area contributed by atoms with Crippen molar-refractivity contribution < 1.29 is 63.4 Å². The molecule has 0 spiro atoms. The molecule has 0 aliphatic carbocycles. The summed E-state index contributed by atoms with van der Waals surface area (Å²) in [6.45, 7) is 5.11. The number of carbonyl (C=O) groups is 2. The van der Waals surface area contributed by atoms with Crippen LogP contribution in [0, 0.1) is 26.0 Å². The maximum atomic E-state index is 11.5. The van der Waals surface area contributed by atoms with E-state index in [4.69, 9.17) is 5.73 Å². The maximum absolute atomic E-state index is 11.5. The van der Waals surface area contributed by atoms with Gasteiger partial charge in [-0.15, -0.1) is 6.92 Å². The van der Waals surface area contributed by atoms with E-state index in [0.717, 1.165) is 22.8 Å². The molecular formula is C15H15NO2WY-2. The first kappa shape index (κ1) is 21.9. The molecule has 5 heteroatoms. The second-order valence-corrected chi connectivity index (χ2v) is 4.03. The third-order valence-corrected chi connectivity index (χ3v) is 2.37. The average Bonchev–Trinajstić information content (AvgIpc) is 2.30. The normalized spacial score (nSPS) is 10.7. The molecule has 1 aromatic rings. The molecule has 1 rings (SSSR count). The third kappa shape index (κ3) is 7.42. The summed E-state index contributed by atoms with van der Waals surface area (Å²) in [6, 6.07) is 7.96. The molecule has 0 aromatic heterocycles. The van der Waals surface area contributed by atoms with Gasteiger partial charge in [-0.3, -0.25) is 27.3 Å². The molecule has 0 aliphatic rings. The molecule has 3 nitrogen and oxygen atoms in total. The predicted octanol–water partition coefficient (Wildman–Crippen LogP) is 1.91. The van der Waals surface area contributed by atoms with Gasteiger partial charge in [0, 0.05) is 66.8 Å². The van der Waals surface area contributed by atoms with Gasteiger partial charge in [0.2, 0.25) is 0 Å². The summed E-state index contributed by atoms with van der Waals surface area (Å²) in [4.78, 5) is 22.4. The molecule has 0 amide bonds. The number of aryl methyl sites for hydroxylation is 2. The van der Waals surface area contributed by atoms with Crippen LogP contribution in [0.1, 0.15) is 23.6 Å². The molecule has 2 N–H and O–H groups in total. The van der Waals surface area contributed by atoms with Crippen molar-refractivity contribution in [3.63, 3.8) is 0 Å². The van der Waals surface area contributed by atoms with Crippen LogP contribution in [-0.2, 0) is 63.4 Å². The van der Waals surface area contributed by atoms with Crippen molar-refractivity contribution in [2.24, 2.45) is 5.73 Å². The zero-order valence-corrected chi connectivity index (χ0v) is 17.5. The van der Waals surface area contributed by atoms with Crippen LogP contribution < -0.4 is 5.73 Å². The minimum Gasteiger partial charge on any atom is -0.396 e. The molecule has 0 unspecified atom stereocenters. The Morgan fingerprint density at radius 3 is 2.45 bits per heavy atom. The summed E-state index contributed by atoms with van der Waals surface area (Å²) in [6.07, 6.45) is 4.15. The molecule has 0 saturated carbocycles. The van der Waals surface area contributed by atoms with E-state index >= 15 is 0 Å². The largest absolute Gasteiger partial charge is 0.396 e. The Bertz CT molecular complexity index is 551. The molecule has 0 bridgehead atoms. The number of carbonyl (C=O) groups excluding carboxylic acids is 2. The Labute approximate surface area is 159 Å². The second-order valence-electron chi connectivity index (χ2n) is 4.03. The van der Waals surface area contributed by atoms with Crippen LogP contribution >= 0.6 is 0 Å². The Balaban J connectivity index is 0. The molecule has 20 heavy (non-hydrogen) atoms. The van der Waals surface area contributed by atoms with Crippen LogP contribution in [0.15, 0.2) is 23.9 Å². The van der Waals surface area contributed by atoms with Gasteiger partial charge in [-0.25, -0.2) is 23.3 Å². The molecule has 1 radical (unpaired) electrons. The van der Waals surface area contributed by atoms with Crippen molar-refractivity contribution in [2.45, 2.75) is 20.8 Å². The summed E-state index contributed by atoms with van der Waals surface area (Å²) < 4.78 is 0. The van der Waals surface area contributed by atoms with E-state index in [1.165, 1.54) is 13.0 Å². The topological polar surface area (TPSA) is 60.2 Å². The van der Waals surface area contributed by atoms with Gasteiger partial charge in [-0.1, -0.05) is 13.0 Å². The first-order chi connectivity index (χ1) is 8.40. The van der Waals surface area contributed by atoms with Crippen molar-refractivity contribution in [1.82, 2.24) is 0 Å². The minimum atomic E-state index is -0.319. The third-order valence-electron chi connectivity index (χ3n) is 2.37. The summed E-state index contributed by atoms with van der Waals surface area (Å²) in [5.74, 6) is -0.634. The molecule has 0 aliphatic heterocycles. The Hall–Kier alpha value is -0.368. The first-order valence-corrected chi connectivity index (χ1v) is 5.51. The number of Topliss-reactive ketones (excluding diaryl/α,β-unsaturated/α-hetero) is 1. The van der Waals surface area contributed by atoms with Crippen molar-refractivity contribution in [1.29, 1.82) is 0 Å². The average molecular weight is 514 g/mol. The summed E-state index contributed by atoms with van der Waals surface area (Å²) >= 11 is 0. The molecule has 1 aromatic carbocycles. The van der Waals surface area contributed by atoms with Crippen molar-refractivity contribution in [2.75, 3.05) is 0 Å². The number of rotatable bonds is 4. The standard InChI is InChI=1S/C15H15NO2.W.Y/c1-10-4-5-11(2)13(8-10)6-7-14(18)9-15(16)12(3)17;;/h5-7,9H,16H2,1-3H3;;/q-2;;/b7-6+,15-9-;;. The van der Waals surface area contributed by atoms with E-state index in [9.17, 15) is 9.59 Å². The van der Waals surface area contributed by atoms with Crippen LogP contribution in [0.25, 0.3) is 6.08 Å². The number of allylic oxidation sites excluding steroid dienone is 3.